The summed E-state index contributed by atoms with van der Waals surface area (Å²) in [5, 5.41) is 15.0. The third-order valence-corrected chi connectivity index (χ3v) is 4.45. The lowest BCUT2D eigenvalue weighted by atomic mass is 10.1. The molecule has 0 aliphatic heterocycles. The van der Waals surface area contributed by atoms with Crippen LogP contribution in [-0.2, 0) is 17.9 Å². The van der Waals surface area contributed by atoms with Crippen LogP contribution in [-0.4, -0.2) is 11.9 Å². The Morgan fingerprint density at radius 2 is 1.83 bits per heavy atom. The lowest BCUT2D eigenvalue weighted by Gasteiger charge is -2.16. The van der Waals surface area contributed by atoms with Crippen LogP contribution in [0.15, 0.2) is 72.8 Å². The van der Waals surface area contributed by atoms with E-state index >= 15 is 0 Å². The summed E-state index contributed by atoms with van der Waals surface area (Å²) in [5.74, 6) is 0.181. The fourth-order valence-electron chi connectivity index (χ4n) is 2.83. The first-order valence-corrected chi connectivity index (χ1v) is 9.54. The lowest BCUT2D eigenvalue weighted by Crippen LogP contribution is -2.37. The van der Waals surface area contributed by atoms with Crippen molar-refractivity contribution in [3.05, 3.63) is 95.3 Å². The van der Waals surface area contributed by atoms with Gasteiger partial charge in [0.1, 0.15) is 24.2 Å². The fourth-order valence-corrected chi connectivity index (χ4v) is 2.83. The van der Waals surface area contributed by atoms with E-state index in [2.05, 4.69) is 16.7 Å². The Morgan fingerprint density at radius 1 is 1.07 bits per heavy atom. The molecule has 0 aliphatic rings. The number of nitrogens with zero attached hydrogens (tertiary/aromatic N) is 1. The van der Waals surface area contributed by atoms with Crippen LogP contribution in [0, 0.1) is 17.1 Å². The van der Waals surface area contributed by atoms with Crippen molar-refractivity contribution in [2.75, 3.05) is 5.32 Å². The molecule has 0 radical (unpaired) electrons. The number of carbonyl (C=O) groups excluding carboxylic acids is 1. The molecule has 3 rings (SSSR count). The zero-order valence-corrected chi connectivity index (χ0v) is 16.6. The molecule has 2 N–H and O–H groups in total. The van der Waals surface area contributed by atoms with Crippen LogP contribution in [0.4, 0.5) is 10.1 Å². The number of nitriles is 1. The van der Waals surface area contributed by atoms with Gasteiger partial charge in [0.25, 0.3) is 0 Å². The molecule has 152 valence electrons. The summed E-state index contributed by atoms with van der Waals surface area (Å²) in [4.78, 5) is 12.3. The number of halogens is 1. The standard InChI is InChI=1S/C24H22FN3O2/c1-17(24(29)27-15-18-8-10-21(25)11-9-18)28-22-6-3-7-23(13-22)30-16-20-5-2-4-19(12-20)14-26/h2-13,17,28H,15-16H2,1H3,(H,27,29). The third kappa shape index (κ3) is 6.08. The maximum atomic E-state index is 13.0. The number of amides is 1. The first kappa shape index (κ1) is 20.9. The summed E-state index contributed by atoms with van der Waals surface area (Å²) >= 11 is 0. The molecule has 0 heterocycles. The van der Waals surface area contributed by atoms with Crippen LogP contribution in [0.2, 0.25) is 0 Å². The SMILES string of the molecule is CC(Nc1cccc(OCc2cccc(C#N)c2)c1)C(=O)NCc1ccc(F)cc1. The predicted molar refractivity (Wildman–Crippen MR) is 113 cm³/mol. The molecule has 0 saturated heterocycles. The molecule has 3 aromatic carbocycles. The monoisotopic (exact) mass is 403 g/mol. The van der Waals surface area contributed by atoms with E-state index in [0.717, 1.165) is 16.8 Å². The summed E-state index contributed by atoms with van der Waals surface area (Å²) in [6.07, 6.45) is 0. The summed E-state index contributed by atoms with van der Waals surface area (Å²) < 4.78 is 18.8. The molecule has 0 aliphatic carbocycles. The van der Waals surface area contributed by atoms with Gasteiger partial charge in [0.05, 0.1) is 11.6 Å². The molecule has 6 heteroatoms. The first-order chi connectivity index (χ1) is 14.5. The Morgan fingerprint density at radius 3 is 2.60 bits per heavy atom. The zero-order chi connectivity index (χ0) is 21.3. The number of hydrogen-bond acceptors (Lipinski definition) is 4. The van der Waals surface area contributed by atoms with Gasteiger partial charge in [-0.05, 0) is 54.4 Å². The second kappa shape index (κ2) is 10.1. The fraction of sp³-hybridized carbons (Fsp3) is 0.167. The second-order valence-corrected chi connectivity index (χ2v) is 6.84. The number of rotatable bonds is 8. The Kier molecular flexibility index (Phi) is 7.01. The Hall–Kier alpha value is -3.85. The number of benzene rings is 3. The predicted octanol–water partition coefficient (Wildman–Crippen LogP) is 4.39. The number of nitrogens with one attached hydrogen (secondary N) is 2. The molecule has 0 bridgehead atoms. The van der Waals surface area contributed by atoms with Crippen LogP contribution in [0.1, 0.15) is 23.6 Å². The average Bonchev–Trinajstić information content (AvgIpc) is 2.77. The van der Waals surface area contributed by atoms with E-state index in [4.69, 9.17) is 10.00 Å². The van der Waals surface area contributed by atoms with Crippen molar-refractivity contribution < 1.29 is 13.9 Å². The van der Waals surface area contributed by atoms with Crippen molar-refractivity contribution in [1.29, 1.82) is 5.26 Å². The summed E-state index contributed by atoms with van der Waals surface area (Å²) in [6, 6.07) is 22.3. The van der Waals surface area contributed by atoms with Gasteiger partial charge < -0.3 is 15.4 Å². The number of anilines is 1. The molecule has 1 amide bonds. The van der Waals surface area contributed by atoms with E-state index in [1.807, 2.05) is 36.4 Å². The van der Waals surface area contributed by atoms with Gasteiger partial charge in [-0.25, -0.2) is 4.39 Å². The van der Waals surface area contributed by atoms with Gasteiger partial charge in [-0.15, -0.1) is 0 Å². The van der Waals surface area contributed by atoms with Gasteiger partial charge in [0, 0.05) is 18.3 Å². The van der Waals surface area contributed by atoms with Gasteiger partial charge in [-0.1, -0.05) is 30.3 Å². The van der Waals surface area contributed by atoms with E-state index < -0.39 is 6.04 Å². The molecule has 5 nitrogen and oxygen atoms in total. The lowest BCUT2D eigenvalue weighted by molar-refractivity contribution is -0.121. The quantitative estimate of drug-likeness (QED) is 0.585. The van der Waals surface area contributed by atoms with Crippen molar-refractivity contribution in [2.45, 2.75) is 26.1 Å². The van der Waals surface area contributed by atoms with Gasteiger partial charge in [0.15, 0.2) is 0 Å². The second-order valence-electron chi connectivity index (χ2n) is 6.84. The maximum Gasteiger partial charge on any atom is 0.242 e. The topological polar surface area (TPSA) is 74.1 Å². The minimum atomic E-state index is -0.465. The molecule has 0 fully saturated rings. The highest BCUT2D eigenvalue weighted by Crippen LogP contribution is 2.19. The van der Waals surface area contributed by atoms with Crippen LogP contribution in [0.3, 0.4) is 0 Å². The Labute approximate surface area is 175 Å². The van der Waals surface area contributed by atoms with Gasteiger partial charge in [0.2, 0.25) is 5.91 Å². The van der Waals surface area contributed by atoms with Gasteiger partial charge in [-0.2, -0.15) is 5.26 Å². The van der Waals surface area contributed by atoms with Crippen molar-refractivity contribution in [2.24, 2.45) is 0 Å². The minimum absolute atomic E-state index is 0.168. The zero-order valence-electron chi connectivity index (χ0n) is 16.6. The van der Waals surface area contributed by atoms with E-state index in [-0.39, 0.29) is 11.7 Å². The molecule has 0 saturated carbocycles. The highest BCUT2D eigenvalue weighted by atomic mass is 19.1. The smallest absolute Gasteiger partial charge is 0.242 e. The largest absolute Gasteiger partial charge is 0.489 e. The first-order valence-electron chi connectivity index (χ1n) is 9.54. The Bertz CT molecular complexity index is 1040. The van der Waals surface area contributed by atoms with Crippen molar-refractivity contribution in [3.63, 3.8) is 0 Å². The van der Waals surface area contributed by atoms with Gasteiger partial charge in [-0.3, -0.25) is 4.79 Å². The molecule has 30 heavy (non-hydrogen) atoms. The van der Waals surface area contributed by atoms with E-state index in [0.29, 0.717) is 24.5 Å². The molecule has 1 unspecified atom stereocenters. The van der Waals surface area contributed by atoms with Gasteiger partial charge >= 0.3 is 0 Å². The van der Waals surface area contributed by atoms with Crippen LogP contribution >= 0.6 is 0 Å². The van der Waals surface area contributed by atoms with Crippen LogP contribution in [0.5, 0.6) is 5.75 Å². The average molecular weight is 403 g/mol. The van der Waals surface area contributed by atoms with Crippen molar-refractivity contribution in [3.8, 4) is 11.8 Å². The summed E-state index contributed by atoms with van der Waals surface area (Å²) in [6.45, 7) is 2.43. The van der Waals surface area contributed by atoms with E-state index in [9.17, 15) is 9.18 Å². The molecule has 1 atom stereocenters. The number of hydrogen-bond donors (Lipinski definition) is 2. The van der Waals surface area contributed by atoms with E-state index in [1.54, 1.807) is 31.2 Å². The molecule has 0 spiro atoms. The molecule has 3 aromatic rings. The molecule has 0 aromatic heterocycles. The Balaban J connectivity index is 1.52. The van der Waals surface area contributed by atoms with Crippen LogP contribution in [0.25, 0.3) is 0 Å². The number of ether oxygens (including phenoxy) is 1. The van der Waals surface area contributed by atoms with Crippen molar-refractivity contribution in [1.82, 2.24) is 5.32 Å². The summed E-state index contributed by atoms with van der Waals surface area (Å²) in [5.41, 5.74) is 3.07. The highest BCUT2D eigenvalue weighted by molar-refractivity contribution is 5.84. The third-order valence-electron chi connectivity index (χ3n) is 4.45. The highest BCUT2D eigenvalue weighted by Gasteiger charge is 2.12. The maximum absolute atomic E-state index is 13.0. The van der Waals surface area contributed by atoms with E-state index in [1.165, 1.54) is 12.1 Å². The van der Waals surface area contributed by atoms with Crippen molar-refractivity contribution >= 4 is 11.6 Å². The molecular formula is C24H22FN3O2. The minimum Gasteiger partial charge on any atom is -0.489 e. The van der Waals surface area contributed by atoms with Crippen LogP contribution < -0.4 is 15.4 Å². The normalized spacial score (nSPS) is 11.2. The number of carbonyl (C=O) groups is 1. The molecular weight excluding hydrogens is 381 g/mol. The summed E-state index contributed by atoms with van der Waals surface area (Å²) in [7, 11) is 0.